The Bertz CT molecular complexity index is 772. The van der Waals surface area contributed by atoms with Crippen molar-refractivity contribution in [1.29, 1.82) is 0 Å². The first-order valence-corrected chi connectivity index (χ1v) is 9.21. The van der Waals surface area contributed by atoms with Crippen LogP contribution in [0.1, 0.15) is 19.3 Å². The van der Waals surface area contributed by atoms with Crippen LogP contribution in [0.4, 0.5) is 0 Å². The smallest absolute Gasteiger partial charge is 0.357 e. The van der Waals surface area contributed by atoms with Gasteiger partial charge in [-0.3, -0.25) is 4.79 Å². The summed E-state index contributed by atoms with van der Waals surface area (Å²) in [5.41, 5.74) is -0.234. The van der Waals surface area contributed by atoms with Crippen molar-refractivity contribution in [2.24, 2.45) is 0 Å². The number of amides is 1. The van der Waals surface area contributed by atoms with E-state index in [1.54, 1.807) is 29.1 Å². The van der Waals surface area contributed by atoms with Gasteiger partial charge < -0.3 is 25.3 Å². The van der Waals surface area contributed by atoms with Crippen LogP contribution in [0.2, 0.25) is 0 Å². The zero-order valence-corrected chi connectivity index (χ0v) is 16.1. The summed E-state index contributed by atoms with van der Waals surface area (Å²) >= 11 is 13.5. The van der Waals surface area contributed by atoms with Gasteiger partial charge in [0, 0.05) is 24.8 Å². The molecule has 1 amide bonds. The van der Waals surface area contributed by atoms with Crippen molar-refractivity contribution >= 4 is 29.1 Å². The summed E-state index contributed by atoms with van der Waals surface area (Å²) in [6, 6.07) is 5.35. The summed E-state index contributed by atoms with van der Waals surface area (Å²) < 4.78 is 13.6. The van der Waals surface area contributed by atoms with Gasteiger partial charge in [-0.15, -0.1) is 0 Å². The average Bonchev–Trinajstić information content (AvgIpc) is 3.06. The predicted molar refractivity (Wildman–Crippen MR) is 98.5 cm³/mol. The molecule has 0 bridgehead atoms. The number of carbonyl (C=O) groups excluding carboxylic acids is 1. The Balaban J connectivity index is 2.13. The van der Waals surface area contributed by atoms with Crippen molar-refractivity contribution in [3.63, 3.8) is 0 Å². The average molecular weight is 415 g/mol. The van der Waals surface area contributed by atoms with Crippen molar-refractivity contribution in [3.8, 4) is 0 Å². The highest BCUT2D eigenvalue weighted by Gasteiger charge is 2.65. The number of aliphatic hydroxyl groups is 1. The third-order valence-electron chi connectivity index (χ3n) is 4.83. The minimum Gasteiger partial charge on any atom is -0.759 e. The molecule has 1 aromatic rings. The Labute approximate surface area is 166 Å². The van der Waals surface area contributed by atoms with E-state index >= 15 is 0 Å². The van der Waals surface area contributed by atoms with Crippen LogP contribution < -0.4 is 10.0 Å². The first kappa shape index (κ1) is 20.3. The highest BCUT2D eigenvalue weighted by atomic mass is 35.5. The van der Waals surface area contributed by atoms with Gasteiger partial charge in [-0.1, -0.05) is 29.3 Å². The van der Waals surface area contributed by atoms with E-state index in [1.165, 1.54) is 24.7 Å². The van der Waals surface area contributed by atoms with Crippen molar-refractivity contribution in [3.05, 3.63) is 58.6 Å². The van der Waals surface area contributed by atoms with Gasteiger partial charge in [-0.2, -0.15) is 4.57 Å². The number of hydroxylamine groups is 1. The third-order valence-corrected chi connectivity index (χ3v) is 5.65. The van der Waals surface area contributed by atoms with Gasteiger partial charge in [0.2, 0.25) is 5.91 Å². The Hall–Kier alpha value is -1.48. The number of rotatable bonds is 5. The maximum atomic E-state index is 11.9. The minimum absolute atomic E-state index is 0.0345. The molecule has 1 aromatic heterocycles. The maximum absolute atomic E-state index is 11.9. The highest BCUT2D eigenvalue weighted by Crippen LogP contribution is 2.48. The molecule has 1 fully saturated rings. The summed E-state index contributed by atoms with van der Waals surface area (Å²) in [6.07, 6.45) is 6.77. The minimum atomic E-state index is -1.74. The number of alkyl halides is 1. The number of methoxy groups -OCH3 is 1. The molecule has 27 heavy (non-hydrogen) atoms. The number of pyridine rings is 1. The predicted octanol–water partition coefficient (Wildman–Crippen LogP) is 1.82. The van der Waals surface area contributed by atoms with Gasteiger partial charge in [0.15, 0.2) is 12.4 Å². The fourth-order valence-corrected chi connectivity index (χ4v) is 4.56. The summed E-state index contributed by atoms with van der Waals surface area (Å²) in [5, 5.41) is 19.0. The van der Waals surface area contributed by atoms with Gasteiger partial charge >= 0.3 is 5.72 Å². The van der Waals surface area contributed by atoms with Crippen molar-refractivity contribution in [2.75, 3.05) is 7.11 Å². The van der Waals surface area contributed by atoms with E-state index in [0.29, 0.717) is 19.3 Å². The number of halogens is 2. The summed E-state index contributed by atoms with van der Waals surface area (Å²) in [4.78, 5) is 11.9. The molecule has 7 nitrogen and oxygen atoms in total. The third kappa shape index (κ3) is 3.51. The van der Waals surface area contributed by atoms with Crippen LogP contribution in [0, 0.1) is 5.21 Å². The zero-order chi connectivity index (χ0) is 19.7. The van der Waals surface area contributed by atoms with Crippen LogP contribution in [-0.2, 0) is 20.0 Å². The van der Waals surface area contributed by atoms with Gasteiger partial charge in [-0.05, 0) is 31.4 Å². The summed E-state index contributed by atoms with van der Waals surface area (Å²) in [6.45, 7) is 0. The number of nitrogens with zero attached hydrogens (tertiary/aromatic N) is 1. The second kappa shape index (κ2) is 7.87. The molecule has 9 heteroatoms. The molecule has 0 radical (unpaired) electrons. The molecule has 2 aliphatic carbocycles. The summed E-state index contributed by atoms with van der Waals surface area (Å²) in [5.74, 6) is -0.893. The molecule has 146 valence electrons. The Morgan fingerprint density at radius 2 is 2.07 bits per heavy atom. The number of carbonyl (C=O) groups is 1. The first-order chi connectivity index (χ1) is 12.9. The number of aromatic nitrogens is 1. The van der Waals surface area contributed by atoms with E-state index in [0.717, 1.165) is 0 Å². The lowest BCUT2D eigenvalue weighted by Crippen LogP contribution is -2.70. The zero-order valence-electron chi connectivity index (χ0n) is 14.6. The molecule has 3 rings (SSSR count). The number of ether oxygens (including phenoxy) is 2. The maximum Gasteiger partial charge on any atom is 0.357 e. The molecule has 4 atom stereocenters. The van der Waals surface area contributed by atoms with Crippen LogP contribution >= 0.6 is 23.2 Å². The van der Waals surface area contributed by atoms with Crippen molar-refractivity contribution in [1.82, 2.24) is 5.48 Å². The Morgan fingerprint density at radius 3 is 2.63 bits per heavy atom. The van der Waals surface area contributed by atoms with Gasteiger partial charge in [0.25, 0.3) is 5.06 Å². The molecule has 2 aliphatic rings. The second-order valence-electron chi connectivity index (χ2n) is 6.51. The molecular weight excluding hydrogens is 395 g/mol. The molecule has 1 saturated carbocycles. The van der Waals surface area contributed by atoms with Crippen LogP contribution in [0.25, 0.3) is 0 Å². The molecule has 2 N–H and O–H groups in total. The molecule has 2 unspecified atom stereocenters. The van der Waals surface area contributed by atoms with E-state index in [9.17, 15) is 15.1 Å². The number of hydrogen-bond acceptors (Lipinski definition) is 5. The molecule has 1 heterocycles. The highest BCUT2D eigenvalue weighted by molar-refractivity contribution is 6.33. The lowest BCUT2D eigenvalue weighted by atomic mass is 9.93. The van der Waals surface area contributed by atoms with Crippen LogP contribution in [0.5, 0.6) is 0 Å². The van der Waals surface area contributed by atoms with E-state index in [1.807, 2.05) is 6.07 Å². The second-order valence-corrected chi connectivity index (χ2v) is 7.47. The number of nitrogens with one attached hydrogen (secondary N) is 1. The Morgan fingerprint density at radius 1 is 1.37 bits per heavy atom. The normalized spacial score (nSPS) is 33.4. The van der Waals surface area contributed by atoms with Gasteiger partial charge in [0.1, 0.15) is 5.03 Å². The van der Waals surface area contributed by atoms with Gasteiger partial charge in [-0.25, -0.2) is 0 Å². The molecule has 0 aliphatic heterocycles. The topological polar surface area (TPSA) is 94.7 Å². The van der Waals surface area contributed by atoms with Gasteiger partial charge in [0.05, 0.1) is 12.2 Å². The fourth-order valence-electron chi connectivity index (χ4n) is 3.56. The SMILES string of the molecule is COC1([n+]2ccccc2)C(Cl)=CC(C(=O)N[O-])=CC1(Cl)O[C@@H]1CC[C@@H](O)C1. The van der Waals surface area contributed by atoms with E-state index < -0.39 is 22.8 Å². The number of aliphatic hydroxyl groups excluding tert-OH is 1. The molecular formula is C18H20Cl2N2O5. The van der Waals surface area contributed by atoms with Crippen LogP contribution in [0.15, 0.2) is 53.4 Å². The lowest BCUT2D eigenvalue weighted by Gasteiger charge is -2.41. The molecule has 0 saturated heterocycles. The fraction of sp³-hybridized carbons (Fsp3) is 0.444. The Kier molecular flexibility index (Phi) is 5.90. The summed E-state index contributed by atoms with van der Waals surface area (Å²) in [7, 11) is 1.42. The van der Waals surface area contributed by atoms with Crippen LogP contribution in [-0.4, -0.2) is 35.4 Å². The van der Waals surface area contributed by atoms with Crippen molar-refractivity contribution in [2.45, 2.75) is 42.3 Å². The molecule has 0 aromatic carbocycles. The monoisotopic (exact) mass is 414 g/mol. The number of hydrogen-bond donors (Lipinski definition) is 2. The standard InChI is InChI=1S/C18H20Cl2N2O5/c1-26-18(22-7-3-2-4-8-22)15(19)9-12(16(24)21-25)11-17(18,20)27-14-6-5-13(23)10-14/h2-4,7-9,11,13-14,23H,5-6,10H2,1H3,(H-,21,24,25)/t13-,14-,17?,18?/m1/s1. The van der Waals surface area contributed by atoms with E-state index in [4.69, 9.17) is 32.7 Å². The lowest BCUT2D eigenvalue weighted by molar-refractivity contribution is -0.807. The first-order valence-electron chi connectivity index (χ1n) is 8.46. The van der Waals surface area contributed by atoms with Crippen molar-refractivity contribution < 1.29 is 23.9 Å². The quantitative estimate of drug-likeness (QED) is 0.435. The largest absolute Gasteiger partial charge is 0.759 e. The van der Waals surface area contributed by atoms with E-state index in [-0.39, 0.29) is 16.7 Å². The van der Waals surface area contributed by atoms with E-state index in [2.05, 4.69) is 0 Å². The molecule has 0 spiro atoms. The van der Waals surface area contributed by atoms with Crippen LogP contribution in [0.3, 0.4) is 0 Å².